The van der Waals surface area contributed by atoms with Crippen molar-refractivity contribution in [3.05, 3.63) is 22.9 Å². The predicted octanol–water partition coefficient (Wildman–Crippen LogP) is 2.39. The van der Waals surface area contributed by atoms with Crippen LogP contribution in [-0.4, -0.2) is 42.4 Å². The lowest BCUT2D eigenvalue weighted by molar-refractivity contribution is -0.140. The van der Waals surface area contributed by atoms with Gasteiger partial charge in [0.2, 0.25) is 0 Å². The zero-order valence-corrected chi connectivity index (χ0v) is 14.0. The van der Waals surface area contributed by atoms with Gasteiger partial charge in [-0.15, -0.1) is 11.8 Å². The van der Waals surface area contributed by atoms with Crippen LogP contribution in [0.5, 0.6) is 0 Å². The van der Waals surface area contributed by atoms with E-state index in [1.807, 2.05) is 6.07 Å². The Kier molecular flexibility index (Phi) is 5.89. The quantitative estimate of drug-likeness (QED) is 0.608. The smallest absolute Gasteiger partial charge is 0.405 e. The molecule has 1 N–H and O–H groups in total. The molecule has 1 aromatic heterocycles. The Morgan fingerprint density at radius 2 is 2.16 bits per heavy atom. The van der Waals surface area contributed by atoms with Gasteiger partial charge < -0.3 is 10.1 Å². The highest BCUT2D eigenvalue weighted by atomic mass is 32.2. The zero-order chi connectivity index (χ0) is 18.6. The van der Waals surface area contributed by atoms with Crippen LogP contribution >= 0.6 is 11.8 Å². The van der Waals surface area contributed by atoms with Crippen molar-refractivity contribution in [1.29, 1.82) is 5.26 Å². The number of nitriles is 1. The van der Waals surface area contributed by atoms with Crippen molar-refractivity contribution in [1.82, 2.24) is 10.3 Å². The number of alkyl halides is 3. The van der Waals surface area contributed by atoms with Crippen LogP contribution in [0.4, 0.5) is 13.2 Å². The van der Waals surface area contributed by atoms with E-state index in [1.54, 1.807) is 11.6 Å². The van der Waals surface area contributed by atoms with E-state index in [-0.39, 0.29) is 17.0 Å². The number of aromatic nitrogens is 1. The van der Waals surface area contributed by atoms with Crippen LogP contribution in [0.1, 0.15) is 40.4 Å². The van der Waals surface area contributed by atoms with Crippen LogP contribution in [-0.2, 0) is 9.53 Å². The van der Waals surface area contributed by atoms with Gasteiger partial charge in [0.05, 0.1) is 11.1 Å². The molecule has 6 nitrogen and oxygen atoms in total. The molecule has 1 aromatic rings. The minimum atomic E-state index is -4.55. The van der Waals surface area contributed by atoms with E-state index in [0.29, 0.717) is 10.7 Å². The van der Waals surface area contributed by atoms with Crippen molar-refractivity contribution in [3.63, 3.8) is 0 Å². The number of nitrogens with one attached hydrogen (secondary N) is 1. The molecule has 1 aliphatic rings. The summed E-state index contributed by atoms with van der Waals surface area (Å²) < 4.78 is 40.8. The number of thioether (sulfide) groups is 1. The number of carbonyl (C=O) groups is 2. The molecule has 0 unspecified atom stereocenters. The van der Waals surface area contributed by atoms with Crippen LogP contribution in [0.3, 0.4) is 0 Å². The van der Waals surface area contributed by atoms with E-state index < -0.39 is 31.2 Å². The van der Waals surface area contributed by atoms with Crippen LogP contribution < -0.4 is 5.32 Å². The van der Waals surface area contributed by atoms with Crippen LogP contribution in [0.2, 0.25) is 0 Å². The average Bonchev–Trinajstić information content (AvgIpc) is 3.40. The van der Waals surface area contributed by atoms with Gasteiger partial charge in [-0.3, -0.25) is 4.79 Å². The minimum Gasteiger partial charge on any atom is -0.452 e. The first kappa shape index (κ1) is 19.1. The maximum Gasteiger partial charge on any atom is 0.405 e. The molecular formula is C15H14F3N3O3S. The SMILES string of the molecule is CSc1nc(C2CC2)cc(C(=O)OCC(=O)NCC(F)(F)F)c1C#N. The lowest BCUT2D eigenvalue weighted by atomic mass is 10.1. The fourth-order valence-electron chi connectivity index (χ4n) is 2.00. The molecule has 0 saturated heterocycles. The number of pyridine rings is 1. The normalized spacial score (nSPS) is 13.9. The van der Waals surface area contributed by atoms with Gasteiger partial charge in [0.1, 0.15) is 17.6 Å². The lowest BCUT2D eigenvalue weighted by Gasteiger charge is -2.11. The Bertz CT molecular complexity index is 727. The Labute approximate surface area is 145 Å². The van der Waals surface area contributed by atoms with E-state index in [0.717, 1.165) is 12.8 Å². The first-order valence-electron chi connectivity index (χ1n) is 7.24. The molecule has 0 aliphatic heterocycles. The van der Waals surface area contributed by atoms with Gasteiger partial charge in [-0.1, -0.05) is 0 Å². The molecular weight excluding hydrogens is 359 g/mol. The summed E-state index contributed by atoms with van der Waals surface area (Å²) in [6, 6.07) is 3.33. The largest absolute Gasteiger partial charge is 0.452 e. The number of carbonyl (C=O) groups excluding carboxylic acids is 2. The fraction of sp³-hybridized carbons (Fsp3) is 0.467. The molecule has 1 aliphatic carbocycles. The van der Waals surface area contributed by atoms with Crippen molar-refractivity contribution in [3.8, 4) is 6.07 Å². The molecule has 134 valence electrons. The monoisotopic (exact) mass is 373 g/mol. The molecule has 1 fully saturated rings. The van der Waals surface area contributed by atoms with Crippen LogP contribution in [0, 0.1) is 11.3 Å². The molecule has 1 amide bonds. The second-order valence-corrected chi connectivity index (χ2v) is 6.13. The molecule has 25 heavy (non-hydrogen) atoms. The minimum absolute atomic E-state index is 0.0256. The second-order valence-electron chi connectivity index (χ2n) is 5.33. The zero-order valence-electron chi connectivity index (χ0n) is 13.1. The highest BCUT2D eigenvalue weighted by Gasteiger charge is 2.30. The standard InChI is InChI=1S/C15H14F3N3O3S/c1-25-13-10(5-19)9(4-11(21-13)8-2-3-8)14(23)24-6-12(22)20-7-15(16,17)18/h4,8H,2-3,6-7H2,1H3,(H,20,22). The van der Waals surface area contributed by atoms with Crippen LogP contribution in [0.15, 0.2) is 11.1 Å². The lowest BCUT2D eigenvalue weighted by Crippen LogP contribution is -2.36. The molecule has 10 heteroatoms. The number of hydrogen-bond donors (Lipinski definition) is 1. The summed E-state index contributed by atoms with van der Waals surface area (Å²) in [6.07, 6.45) is -0.979. The summed E-state index contributed by atoms with van der Waals surface area (Å²) in [5.74, 6) is -1.80. The summed E-state index contributed by atoms with van der Waals surface area (Å²) in [5.41, 5.74) is 0.654. The third kappa shape index (κ3) is 5.35. The number of esters is 1. The molecule has 0 aromatic carbocycles. The molecule has 1 saturated carbocycles. The van der Waals surface area contributed by atoms with Gasteiger partial charge in [-0.05, 0) is 25.2 Å². The fourth-order valence-corrected chi connectivity index (χ4v) is 2.56. The number of rotatable bonds is 6. The molecule has 1 heterocycles. The van der Waals surface area contributed by atoms with E-state index >= 15 is 0 Å². The summed E-state index contributed by atoms with van der Waals surface area (Å²) >= 11 is 1.20. The van der Waals surface area contributed by atoms with Crippen molar-refractivity contribution in [2.75, 3.05) is 19.4 Å². The topological polar surface area (TPSA) is 92.1 Å². The molecule has 0 radical (unpaired) electrons. The highest BCUT2D eigenvalue weighted by Crippen LogP contribution is 2.40. The molecule has 0 bridgehead atoms. The number of ether oxygens (including phenoxy) is 1. The molecule has 2 rings (SSSR count). The molecule has 0 spiro atoms. The molecule has 0 atom stereocenters. The number of nitrogens with zero attached hydrogens (tertiary/aromatic N) is 2. The predicted molar refractivity (Wildman–Crippen MR) is 82.1 cm³/mol. The van der Waals surface area contributed by atoms with Crippen molar-refractivity contribution < 1.29 is 27.5 Å². The van der Waals surface area contributed by atoms with Gasteiger partial charge in [-0.2, -0.15) is 18.4 Å². The number of halogens is 3. The van der Waals surface area contributed by atoms with Gasteiger partial charge in [0, 0.05) is 11.6 Å². The Morgan fingerprint density at radius 1 is 1.48 bits per heavy atom. The van der Waals surface area contributed by atoms with Gasteiger partial charge in [0.25, 0.3) is 5.91 Å². The number of hydrogen-bond acceptors (Lipinski definition) is 6. The van der Waals surface area contributed by atoms with Crippen molar-refractivity contribution >= 4 is 23.6 Å². The summed E-state index contributed by atoms with van der Waals surface area (Å²) in [7, 11) is 0. The van der Waals surface area contributed by atoms with Crippen LogP contribution in [0.25, 0.3) is 0 Å². The number of amides is 1. The van der Waals surface area contributed by atoms with E-state index in [2.05, 4.69) is 4.98 Å². The van der Waals surface area contributed by atoms with Gasteiger partial charge in [-0.25, -0.2) is 9.78 Å². The Balaban J connectivity index is 2.09. The van der Waals surface area contributed by atoms with E-state index in [4.69, 9.17) is 4.74 Å². The first-order chi connectivity index (χ1) is 11.7. The maximum atomic E-state index is 12.2. The van der Waals surface area contributed by atoms with Gasteiger partial charge >= 0.3 is 12.1 Å². The van der Waals surface area contributed by atoms with E-state index in [1.165, 1.54) is 17.8 Å². The maximum absolute atomic E-state index is 12.2. The third-order valence-electron chi connectivity index (χ3n) is 3.35. The average molecular weight is 373 g/mol. The Hall–Kier alpha value is -2.28. The third-order valence-corrected chi connectivity index (χ3v) is 4.03. The summed E-state index contributed by atoms with van der Waals surface area (Å²) in [6.45, 7) is -2.37. The van der Waals surface area contributed by atoms with Gasteiger partial charge in [0.15, 0.2) is 6.61 Å². The van der Waals surface area contributed by atoms with E-state index in [9.17, 15) is 28.0 Å². The Morgan fingerprint density at radius 3 is 2.68 bits per heavy atom. The highest BCUT2D eigenvalue weighted by molar-refractivity contribution is 7.98. The summed E-state index contributed by atoms with van der Waals surface area (Å²) in [4.78, 5) is 27.8. The van der Waals surface area contributed by atoms with Crippen molar-refractivity contribution in [2.24, 2.45) is 0 Å². The first-order valence-corrected chi connectivity index (χ1v) is 8.47. The van der Waals surface area contributed by atoms with Crippen molar-refractivity contribution in [2.45, 2.75) is 30.0 Å². The summed E-state index contributed by atoms with van der Waals surface area (Å²) in [5, 5.41) is 11.2. The second kappa shape index (κ2) is 7.74.